The van der Waals surface area contributed by atoms with Gasteiger partial charge in [-0.3, -0.25) is 9.78 Å². The van der Waals surface area contributed by atoms with E-state index in [1.165, 1.54) is 16.9 Å². The van der Waals surface area contributed by atoms with Crippen molar-refractivity contribution in [3.8, 4) is 10.6 Å². The van der Waals surface area contributed by atoms with Crippen LogP contribution in [0.2, 0.25) is 0 Å². The number of thiazole rings is 1. The van der Waals surface area contributed by atoms with E-state index >= 15 is 0 Å². The summed E-state index contributed by atoms with van der Waals surface area (Å²) >= 11 is 1.43. The molecular formula is C26H25N5O2S. The maximum absolute atomic E-state index is 12.7. The van der Waals surface area contributed by atoms with Crippen molar-refractivity contribution >= 4 is 34.6 Å². The predicted molar refractivity (Wildman–Crippen MR) is 136 cm³/mol. The molecule has 0 unspecified atom stereocenters. The number of carbonyl (C=O) groups is 2. The zero-order valence-corrected chi connectivity index (χ0v) is 19.7. The van der Waals surface area contributed by atoms with E-state index in [1.807, 2.05) is 24.3 Å². The summed E-state index contributed by atoms with van der Waals surface area (Å²) in [5, 5.41) is 10.9. The fourth-order valence-corrected chi connectivity index (χ4v) is 4.06. The molecule has 8 heteroatoms. The van der Waals surface area contributed by atoms with Crippen LogP contribution in [0.25, 0.3) is 10.6 Å². The largest absolute Gasteiger partial charge is 0.334 e. The van der Waals surface area contributed by atoms with Gasteiger partial charge in [-0.05, 0) is 47.4 Å². The Hall–Kier alpha value is -4.04. The first-order valence-electron chi connectivity index (χ1n) is 10.9. The smallest absolute Gasteiger partial charge is 0.319 e. The minimum Gasteiger partial charge on any atom is -0.334 e. The van der Waals surface area contributed by atoms with E-state index < -0.39 is 0 Å². The molecule has 0 saturated carbocycles. The molecule has 2 aromatic heterocycles. The van der Waals surface area contributed by atoms with Crippen LogP contribution in [0.15, 0.2) is 78.4 Å². The lowest BCUT2D eigenvalue weighted by molar-refractivity contribution is 0.102. The van der Waals surface area contributed by atoms with Gasteiger partial charge in [-0.15, -0.1) is 11.3 Å². The summed E-state index contributed by atoms with van der Waals surface area (Å²) in [6.07, 6.45) is 3.35. The average molecular weight is 472 g/mol. The van der Waals surface area contributed by atoms with E-state index in [0.717, 1.165) is 16.1 Å². The van der Waals surface area contributed by atoms with Crippen LogP contribution in [0, 0.1) is 0 Å². The van der Waals surface area contributed by atoms with Crippen LogP contribution in [-0.2, 0) is 6.54 Å². The van der Waals surface area contributed by atoms with Gasteiger partial charge in [0, 0.05) is 41.3 Å². The van der Waals surface area contributed by atoms with Gasteiger partial charge < -0.3 is 16.0 Å². The Kier molecular flexibility index (Phi) is 7.29. The Morgan fingerprint density at radius 1 is 0.941 bits per heavy atom. The van der Waals surface area contributed by atoms with E-state index in [9.17, 15) is 9.59 Å². The molecule has 3 amide bonds. The standard InChI is InChI=1S/C26H25N5O2S/c1-17(2)19-6-8-20(9-7-19)25-31-23(16-34-25)24(32)29-21-4-3-5-22(14-21)30-26(33)28-15-18-10-12-27-13-11-18/h3-14,16-17H,15H2,1-2H3,(H,29,32)(H2,28,30,33). The Morgan fingerprint density at radius 3 is 2.35 bits per heavy atom. The lowest BCUT2D eigenvalue weighted by Gasteiger charge is -2.09. The first-order chi connectivity index (χ1) is 16.5. The molecule has 2 heterocycles. The number of nitrogens with zero attached hydrogens (tertiary/aromatic N) is 2. The normalized spacial score (nSPS) is 10.7. The molecule has 0 saturated heterocycles. The highest BCUT2D eigenvalue weighted by molar-refractivity contribution is 7.13. The van der Waals surface area contributed by atoms with E-state index in [1.54, 1.807) is 42.0 Å². The van der Waals surface area contributed by atoms with Crippen LogP contribution < -0.4 is 16.0 Å². The van der Waals surface area contributed by atoms with Gasteiger partial charge in [0.15, 0.2) is 0 Å². The highest BCUT2D eigenvalue weighted by Gasteiger charge is 2.13. The molecule has 4 rings (SSSR count). The molecule has 0 aliphatic heterocycles. The van der Waals surface area contributed by atoms with Crippen LogP contribution in [0.5, 0.6) is 0 Å². The van der Waals surface area contributed by atoms with E-state index in [-0.39, 0.29) is 11.9 Å². The highest BCUT2D eigenvalue weighted by Crippen LogP contribution is 2.26. The topological polar surface area (TPSA) is 96.0 Å². The molecule has 172 valence electrons. The summed E-state index contributed by atoms with van der Waals surface area (Å²) in [6, 6.07) is 18.5. The van der Waals surface area contributed by atoms with Gasteiger partial charge in [0.05, 0.1) is 0 Å². The second kappa shape index (κ2) is 10.7. The molecule has 0 bridgehead atoms. The van der Waals surface area contributed by atoms with Gasteiger partial charge in [0.25, 0.3) is 5.91 Å². The molecule has 0 fully saturated rings. The monoisotopic (exact) mass is 471 g/mol. The molecular weight excluding hydrogens is 446 g/mol. The summed E-state index contributed by atoms with van der Waals surface area (Å²) in [4.78, 5) is 33.4. The Balaban J connectivity index is 1.35. The maximum Gasteiger partial charge on any atom is 0.319 e. The molecule has 0 atom stereocenters. The number of urea groups is 1. The van der Waals surface area contributed by atoms with Crippen molar-refractivity contribution in [2.45, 2.75) is 26.3 Å². The third-order valence-corrected chi connectivity index (χ3v) is 6.03. The molecule has 3 N–H and O–H groups in total. The van der Waals surface area contributed by atoms with Crippen molar-refractivity contribution in [3.63, 3.8) is 0 Å². The number of carbonyl (C=O) groups excluding carboxylic acids is 2. The number of hydrogen-bond donors (Lipinski definition) is 3. The zero-order chi connectivity index (χ0) is 23.9. The van der Waals surface area contributed by atoms with Gasteiger partial charge in [0.1, 0.15) is 10.7 Å². The summed E-state index contributed by atoms with van der Waals surface area (Å²) in [7, 11) is 0. The minimum atomic E-state index is -0.340. The second-order valence-electron chi connectivity index (χ2n) is 8.01. The molecule has 0 aliphatic carbocycles. The van der Waals surface area contributed by atoms with E-state index in [4.69, 9.17) is 0 Å². The molecule has 0 radical (unpaired) electrons. The third-order valence-electron chi connectivity index (χ3n) is 5.14. The van der Waals surface area contributed by atoms with Crippen molar-refractivity contribution < 1.29 is 9.59 Å². The summed E-state index contributed by atoms with van der Waals surface area (Å²) < 4.78 is 0. The van der Waals surface area contributed by atoms with Crippen LogP contribution in [-0.4, -0.2) is 21.9 Å². The minimum absolute atomic E-state index is 0.305. The third kappa shape index (κ3) is 6.05. The van der Waals surface area contributed by atoms with Gasteiger partial charge in [-0.25, -0.2) is 9.78 Å². The molecule has 2 aromatic carbocycles. The maximum atomic E-state index is 12.7. The zero-order valence-electron chi connectivity index (χ0n) is 18.9. The fraction of sp³-hybridized carbons (Fsp3) is 0.154. The number of nitrogens with one attached hydrogen (secondary N) is 3. The van der Waals surface area contributed by atoms with Crippen LogP contribution >= 0.6 is 11.3 Å². The van der Waals surface area contributed by atoms with Crippen molar-refractivity contribution in [2.24, 2.45) is 0 Å². The molecule has 0 aliphatic rings. The summed E-state index contributed by atoms with van der Waals surface area (Å²) in [5.41, 5.74) is 4.67. The second-order valence-corrected chi connectivity index (χ2v) is 8.87. The number of pyridine rings is 1. The number of hydrogen-bond acceptors (Lipinski definition) is 5. The predicted octanol–water partition coefficient (Wildman–Crippen LogP) is 5.90. The van der Waals surface area contributed by atoms with Gasteiger partial charge >= 0.3 is 6.03 Å². The Bertz CT molecular complexity index is 1270. The van der Waals surface area contributed by atoms with Crippen LogP contribution in [0.3, 0.4) is 0 Å². The fourth-order valence-electron chi connectivity index (χ4n) is 3.25. The number of benzene rings is 2. The SMILES string of the molecule is CC(C)c1ccc(-c2nc(C(=O)Nc3cccc(NC(=O)NCc4ccncc4)c3)cs2)cc1. The molecule has 4 aromatic rings. The lowest BCUT2D eigenvalue weighted by Crippen LogP contribution is -2.28. The van der Waals surface area contributed by atoms with E-state index in [2.05, 4.69) is 51.9 Å². The number of anilines is 2. The van der Waals surface area contributed by atoms with Crippen LogP contribution in [0.1, 0.15) is 41.4 Å². The van der Waals surface area contributed by atoms with Gasteiger partial charge in [-0.1, -0.05) is 44.2 Å². The van der Waals surface area contributed by atoms with Gasteiger partial charge in [-0.2, -0.15) is 0 Å². The van der Waals surface area contributed by atoms with Crippen molar-refractivity contribution in [2.75, 3.05) is 10.6 Å². The number of aromatic nitrogens is 2. The first-order valence-corrected chi connectivity index (χ1v) is 11.8. The first kappa shape index (κ1) is 23.1. The number of rotatable bonds is 7. The van der Waals surface area contributed by atoms with Crippen molar-refractivity contribution in [1.82, 2.24) is 15.3 Å². The quantitative estimate of drug-likeness (QED) is 0.313. The van der Waals surface area contributed by atoms with Crippen LogP contribution in [0.4, 0.5) is 16.2 Å². The highest BCUT2D eigenvalue weighted by atomic mass is 32.1. The molecule has 0 spiro atoms. The van der Waals surface area contributed by atoms with Crippen molar-refractivity contribution in [1.29, 1.82) is 0 Å². The average Bonchev–Trinajstić information content (AvgIpc) is 3.34. The number of amides is 3. The van der Waals surface area contributed by atoms with E-state index in [0.29, 0.717) is 29.5 Å². The van der Waals surface area contributed by atoms with Gasteiger partial charge in [0.2, 0.25) is 0 Å². The van der Waals surface area contributed by atoms with Crippen molar-refractivity contribution in [3.05, 3.63) is 95.3 Å². The molecule has 7 nitrogen and oxygen atoms in total. The summed E-state index contributed by atoms with van der Waals surface area (Å²) in [5.74, 6) is 0.157. The lowest BCUT2D eigenvalue weighted by atomic mass is 10.0. The molecule has 34 heavy (non-hydrogen) atoms. The Morgan fingerprint density at radius 2 is 1.65 bits per heavy atom. The Labute approximate surface area is 202 Å². The summed E-state index contributed by atoms with van der Waals surface area (Å²) in [6.45, 7) is 4.69.